The van der Waals surface area contributed by atoms with Crippen molar-refractivity contribution in [2.45, 2.75) is 46.1 Å². The van der Waals surface area contributed by atoms with Crippen LogP contribution < -0.4 is 16.6 Å². The summed E-state index contributed by atoms with van der Waals surface area (Å²) < 4.78 is 1.79. The molecule has 0 atom stereocenters. The van der Waals surface area contributed by atoms with E-state index in [0.29, 0.717) is 38.6 Å². The summed E-state index contributed by atoms with van der Waals surface area (Å²) in [5, 5.41) is 3.49. The number of hydrogen-bond acceptors (Lipinski definition) is 5. The first-order chi connectivity index (χ1) is 13.0. The third-order valence-electron chi connectivity index (χ3n) is 5.13. The quantitative estimate of drug-likeness (QED) is 0.662. The molecule has 0 aliphatic carbocycles. The third kappa shape index (κ3) is 3.12. The fraction of sp³-hybridized carbons (Fsp3) is 0.350. The van der Waals surface area contributed by atoms with Gasteiger partial charge < -0.3 is 11.1 Å². The monoisotopic (exact) mass is 382 g/mol. The average Bonchev–Trinajstić information content (AvgIpc) is 2.80. The number of rotatable bonds is 2. The summed E-state index contributed by atoms with van der Waals surface area (Å²) in [5.74, 6) is 0.605. The fourth-order valence-electron chi connectivity index (χ4n) is 3.58. The maximum Gasteiger partial charge on any atom is 0.266 e. The molecule has 0 fully saturated rings. The highest BCUT2D eigenvalue weighted by Crippen LogP contribution is 2.29. The fourth-order valence-corrected chi connectivity index (χ4v) is 4.67. The number of nitrogens with two attached hydrogens (primary N) is 1. The maximum absolute atomic E-state index is 13.0. The number of carbonyl (C=O) groups excluding carboxylic acids is 1. The van der Waals surface area contributed by atoms with E-state index in [9.17, 15) is 9.59 Å². The number of amides is 1. The Labute approximate surface area is 161 Å². The van der Waals surface area contributed by atoms with Crippen LogP contribution in [-0.2, 0) is 13.0 Å². The van der Waals surface area contributed by atoms with Crippen LogP contribution in [0.4, 0.5) is 11.4 Å². The minimum Gasteiger partial charge on any atom is -0.399 e. The van der Waals surface area contributed by atoms with Crippen molar-refractivity contribution in [2.75, 3.05) is 11.1 Å². The molecule has 3 aromatic rings. The van der Waals surface area contributed by atoms with Gasteiger partial charge in [-0.05, 0) is 49.9 Å². The molecule has 6 nitrogen and oxygen atoms in total. The van der Waals surface area contributed by atoms with Gasteiger partial charge in [-0.15, -0.1) is 11.3 Å². The molecule has 140 valence electrons. The van der Waals surface area contributed by atoms with Crippen LogP contribution in [-0.4, -0.2) is 15.5 Å². The Kier molecular flexibility index (Phi) is 4.47. The van der Waals surface area contributed by atoms with Gasteiger partial charge in [0.05, 0.1) is 10.3 Å². The van der Waals surface area contributed by atoms with E-state index in [-0.39, 0.29) is 11.5 Å². The number of thiophene rings is 1. The van der Waals surface area contributed by atoms with Gasteiger partial charge in [-0.2, -0.15) is 0 Å². The summed E-state index contributed by atoms with van der Waals surface area (Å²) in [6, 6.07) is 5.41. The number of nitrogens with one attached hydrogen (secondary N) is 1. The standard InChI is InChI=1S/C20H22N4O2S/c1-11-7-8-13(21)10-14(11)22-18(25)17-12(2)16-19(27-17)23-15-6-4-3-5-9-24(15)20(16)26/h7-8,10H,3-6,9,21H2,1-2H3,(H,22,25). The lowest BCUT2D eigenvalue weighted by atomic mass is 10.1. The highest BCUT2D eigenvalue weighted by Gasteiger charge is 2.22. The van der Waals surface area contributed by atoms with Gasteiger partial charge in [0, 0.05) is 24.3 Å². The number of hydrogen-bond donors (Lipinski definition) is 2. The van der Waals surface area contributed by atoms with Gasteiger partial charge in [-0.1, -0.05) is 12.5 Å². The number of anilines is 2. The molecular formula is C20H22N4O2S. The van der Waals surface area contributed by atoms with E-state index in [4.69, 9.17) is 10.7 Å². The number of carbonyl (C=O) groups is 1. The molecule has 0 saturated heterocycles. The molecule has 1 aliphatic rings. The molecular weight excluding hydrogens is 360 g/mol. The van der Waals surface area contributed by atoms with E-state index >= 15 is 0 Å². The Bertz CT molecular complexity index is 1110. The summed E-state index contributed by atoms with van der Waals surface area (Å²) >= 11 is 1.29. The zero-order chi connectivity index (χ0) is 19.1. The van der Waals surface area contributed by atoms with Crippen LogP contribution in [0.5, 0.6) is 0 Å². The van der Waals surface area contributed by atoms with Gasteiger partial charge in [-0.3, -0.25) is 14.2 Å². The molecule has 0 spiro atoms. The van der Waals surface area contributed by atoms with Crippen molar-refractivity contribution in [2.24, 2.45) is 0 Å². The molecule has 27 heavy (non-hydrogen) atoms. The summed E-state index contributed by atoms with van der Waals surface area (Å²) in [4.78, 5) is 31.8. The van der Waals surface area contributed by atoms with Gasteiger partial charge in [-0.25, -0.2) is 4.98 Å². The van der Waals surface area contributed by atoms with Crippen LogP contribution in [0, 0.1) is 13.8 Å². The maximum atomic E-state index is 13.0. The number of nitrogens with zero attached hydrogens (tertiary/aromatic N) is 2. The van der Waals surface area contributed by atoms with Crippen LogP contribution >= 0.6 is 11.3 Å². The van der Waals surface area contributed by atoms with Crippen LogP contribution in [0.2, 0.25) is 0 Å². The summed E-state index contributed by atoms with van der Waals surface area (Å²) in [6.07, 6.45) is 3.96. The normalized spacial score (nSPS) is 14.0. The average molecular weight is 382 g/mol. The second-order valence-electron chi connectivity index (χ2n) is 7.06. The zero-order valence-electron chi connectivity index (χ0n) is 15.5. The minimum absolute atomic E-state index is 0.0233. The summed E-state index contributed by atoms with van der Waals surface area (Å²) in [7, 11) is 0. The van der Waals surface area contributed by atoms with Crippen molar-refractivity contribution < 1.29 is 4.79 Å². The molecule has 4 rings (SSSR count). The molecule has 1 amide bonds. The zero-order valence-corrected chi connectivity index (χ0v) is 16.3. The highest BCUT2D eigenvalue weighted by atomic mass is 32.1. The van der Waals surface area contributed by atoms with Crippen molar-refractivity contribution in [1.82, 2.24) is 9.55 Å². The lowest BCUT2D eigenvalue weighted by Crippen LogP contribution is -2.24. The Morgan fingerprint density at radius 1 is 1.26 bits per heavy atom. The molecule has 1 aromatic carbocycles. The molecule has 0 radical (unpaired) electrons. The van der Waals surface area contributed by atoms with E-state index in [1.165, 1.54) is 11.3 Å². The third-order valence-corrected chi connectivity index (χ3v) is 6.31. The topological polar surface area (TPSA) is 90.0 Å². The van der Waals surface area contributed by atoms with Crippen molar-refractivity contribution in [1.29, 1.82) is 0 Å². The van der Waals surface area contributed by atoms with Crippen molar-refractivity contribution >= 4 is 38.8 Å². The first-order valence-electron chi connectivity index (χ1n) is 9.16. The number of aryl methyl sites for hydroxylation is 3. The van der Waals surface area contributed by atoms with E-state index in [0.717, 1.165) is 37.1 Å². The van der Waals surface area contributed by atoms with Gasteiger partial charge in [0.1, 0.15) is 10.7 Å². The predicted molar refractivity (Wildman–Crippen MR) is 110 cm³/mol. The van der Waals surface area contributed by atoms with Crippen molar-refractivity contribution in [3.8, 4) is 0 Å². The summed E-state index contributed by atoms with van der Waals surface area (Å²) in [5.41, 5.74) is 8.71. The molecule has 0 bridgehead atoms. The number of nitrogen functional groups attached to an aromatic ring is 1. The molecule has 0 unspecified atom stereocenters. The smallest absolute Gasteiger partial charge is 0.266 e. The number of aromatic nitrogens is 2. The Balaban J connectivity index is 1.77. The molecule has 7 heteroatoms. The lowest BCUT2D eigenvalue weighted by molar-refractivity contribution is 0.103. The molecule has 1 aliphatic heterocycles. The van der Waals surface area contributed by atoms with Gasteiger partial charge in [0.2, 0.25) is 0 Å². The van der Waals surface area contributed by atoms with Crippen LogP contribution in [0.15, 0.2) is 23.0 Å². The van der Waals surface area contributed by atoms with Crippen LogP contribution in [0.25, 0.3) is 10.2 Å². The number of benzene rings is 1. The molecule has 3 N–H and O–H groups in total. The summed E-state index contributed by atoms with van der Waals surface area (Å²) in [6.45, 7) is 4.45. The lowest BCUT2D eigenvalue weighted by Gasteiger charge is -2.09. The van der Waals surface area contributed by atoms with Crippen LogP contribution in [0.3, 0.4) is 0 Å². The molecule has 2 aromatic heterocycles. The van der Waals surface area contributed by atoms with Crippen molar-refractivity contribution in [3.63, 3.8) is 0 Å². The Morgan fingerprint density at radius 3 is 2.89 bits per heavy atom. The molecule has 0 saturated carbocycles. The molecule has 3 heterocycles. The first-order valence-corrected chi connectivity index (χ1v) is 9.97. The van der Waals surface area contributed by atoms with Gasteiger partial charge >= 0.3 is 0 Å². The second kappa shape index (κ2) is 6.81. The van der Waals surface area contributed by atoms with E-state index < -0.39 is 0 Å². The largest absolute Gasteiger partial charge is 0.399 e. The minimum atomic E-state index is -0.233. The van der Waals surface area contributed by atoms with Gasteiger partial charge in [0.25, 0.3) is 11.5 Å². The SMILES string of the molecule is Cc1ccc(N)cc1NC(=O)c1sc2nc3n(c(=O)c2c1C)CCCCC3. The Hall–Kier alpha value is -2.67. The highest BCUT2D eigenvalue weighted by molar-refractivity contribution is 7.20. The van der Waals surface area contributed by atoms with E-state index in [2.05, 4.69) is 5.32 Å². The van der Waals surface area contributed by atoms with E-state index in [1.54, 1.807) is 16.7 Å². The first kappa shape index (κ1) is 17.7. The van der Waals surface area contributed by atoms with Crippen LogP contribution in [0.1, 0.15) is 45.9 Å². The van der Waals surface area contributed by atoms with E-state index in [1.807, 2.05) is 19.9 Å². The number of fused-ring (bicyclic) bond motifs is 2. The van der Waals surface area contributed by atoms with Gasteiger partial charge in [0.15, 0.2) is 0 Å². The Morgan fingerprint density at radius 2 is 2.07 bits per heavy atom. The second-order valence-corrected chi connectivity index (χ2v) is 8.06. The van der Waals surface area contributed by atoms with Crippen molar-refractivity contribution in [3.05, 3.63) is 50.4 Å². The predicted octanol–water partition coefficient (Wildman–Crippen LogP) is 3.64.